The molecule has 0 aliphatic carbocycles. The van der Waals surface area contributed by atoms with Gasteiger partial charge in [0.15, 0.2) is 0 Å². The van der Waals surface area contributed by atoms with Crippen LogP contribution in [-0.2, 0) is 4.79 Å². The van der Waals surface area contributed by atoms with Crippen LogP contribution in [0.15, 0.2) is 5.51 Å². The summed E-state index contributed by atoms with van der Waals surface area (Å²) in [7, 11) is 0. The maximum Gasteiger partial charge on any atom is 0.237 e. The number of amides is 1. The van der Waals surface area contributed by atoms with Gasteiger partial charge in [-0.2, -0.15) is 0 Å². The predicted octanol–water partition coefficient (Wildman–Crippen LogP) is 0.976. The molecule has 0 spiro atoms. The van der Waals surface area contributed by atoms with Crippen LogP contribution in [0, 0.1) is 6.92 Å². The Bertz CT molecular complexity index is 322. The highest BCUT2D eigenvalue weighted by atomic mass is 32.1. The molecule has 1 aromatic heterocycles. The van der Waals surface area contributed by atoms with Gasteiger partial charge in [0.25, 0.3) is 0 Å². The van der Waals surface area contributed by atoms with Crippen LogP contribution in [0.2, 0.25) is 0 Å². The van der Waals surface area contributed by atoms with Gasteiger partial charge in [-0.15, -0.1) is 11.3 Å². The number of nitrogens with zero attached hydrogens (tertiary/aromatic N) is 1. The van der Waals surface area contributed by atoms with Crippen molar-refractivity contribution in [1.82, 2.24) is 10.3 Å². The summed E-state index contributed by atoms with van der Waals surface area (Å²) >= 11 is 1.54. The number of hydrogen-bond donors (Lipinski definition) is 2. The maximum absolute atomic E-state index is 11.3. The lowest BCUT2D eigenvalue weighted by Crippen LogP contribution is -2.39. The fourth-order valence-corrected chi connectivity index (χ4v) is 1.95. The minimum Gasteiger partial charge on any atom is -0.347 e. The van der Waals surface area contributed by atoms with Gasteiger partial charge in [-0.25, -0.2) is 4.98 Å². The van der Waals surface area contributed by atoms with E-state index in [0.29, 0.717) is 0 Å². The molecule has 0 aliphatic heterocycles. The van der Waals surface area contributed by atoms with Crippen molar-refractivity contribution >= 4 is 17.2 Å². The summed E-state index contributed by atoms with van der Waals surface area (Å²) in [5.74, 6) is -0.134. The van der Waals surface area contributed by atoms with Gasteiger partial charge in [0, 0.05) is 4.88 Å². The van der Waals surface area contributed by atoms with Gasteiger partial charge in [0.1, 0.15) is 0 Å². The van der Waals surface area contributed by atoms with Crippen LogP contribution >= 0.6 is 11.3 Å². The van der Waals surface area contributed by atoms with E-state index in [1.807, 2.05) is 13.8 Å². The molecule has 0 fully saturated rings. The van der Waals surface area contributed by atoms with Gasteiger partial charge in [-0.3, -0.25) is 4.79 Å². The number of nitrogens with two attached hydrogens (primary N) is 1. The second kappa shape index (κ2) is 4.52. The average Bonchev–Trinajstić information content (AvgIpc) is 2.51. The Kier molecular flexibility index (Phi) is 3.60. The molecule has 0 bridgehead atoms. The lowest BCUT2D eigenvalue weighted by Gasteiger charge is -2.14. The Hall–Kier alpha value is -0.940. The van der Waals surface area contributed by atoms with E-state index in [1.165, 1.54) is 0 Å². The van der Waals surface area contributed by atoms with Crippen LogP contribution in [0.25, 0.3) is 0 Å². The van der Waals surface area contributed by atoms with E-state index in [2.05, 4.69) is 10.3 Å². The normalized spacial score (nSPS) is 14.9. The summed E-state index contributed by atoms with van der Waals surface area (Å²) in [6, 6.07) is -0.480. The highest BCUT2D eigenvalue weighted by Crippen LogP contribution is 2.20. The molecule has 78 valence electrons. The summed E-state index contributed by atoms with van der Waals surface area (Å²) in [5.41, 5.74) is 8.19. The van der Waals surface area contributed by atoms with E-state index < -0.39 is 6.04 Å². The van der Waals surface area contributed by atoms with Crippen molar-refractivity contribution in [2.24, 2.45) is 5.73 Å². The zero-order valence-corrected chi connectivity index (χ0v) is 9.39. The van der Waals surface area contributed by atoms with Gasteiger partial charge in [0.2, 0.25) is 5.91 Å². The molecule has 0 saturated carbocycles. The van der Waals surface area contributed by atoms with E-state index >= 15 is 0 Å². The molecular formula is C9H15N3OS. The average molecular weight is 213 g/mol. The molecule has 0 aromatic carbocycles. The predicted molar refractivity (Wildman–Crippen MR) is 57.1 cm³/mol. The molecule has 1 rings (SSSR count). The van der Waals surface area contributed by atoms with Crippen LogP contribution in [0.1, 0.15) is 30.5 Å². The van der Waals surface area contributed by atoms with Crippen LogP contribution in [0.4, 0.5) is 0 Å². The Balaban J connectivity index is 2.64. The summed E-state index contributed by atoms with van der Waals surface area (Å²) in [5, 5.41) is 2.83. The second-order valence-electron chi connectivity index (χ2n) is 3.32. The Labute approximate surface area is 87.5 Å². The molecule has 0 radical (unpaired) electrons. The van der Waals surface area contributed by atoms with Crippen molar-refractivity contribution in [3.8, 4) is 0 Å². The van der Waals surface area contributed by atoms with Crippen molar-refractivity contribution < 1.29 is 4.79 Å². The summed E-state index contributed by atoms with van der Waals surface area (Å²) in [6.45, 7) is 5.53. The highest BCUT2D eigenvalue weighted by Gasteiger charge is 2.15. The first-order valence-electron chi connectivity index (χ1n) is 4.48. The number of hydrogen-bond acceptors (Lipinski definition) is 4. The zero-order valence-electron chi connectivity index (χ0n) is 8.57. The molecule has 1 amide bonds. The molecule has 5 heteroatoms. The van der Waals surface area contributed by atoms with E-state index in [4.69, 9.17) is 5.73 Å². The molecular weight excluding hydrogens is 198 g/mol. The molecule has 14 heavy (non-hydrogen) atoms. The van der Waals surface area contributed by atoms with E-state index in [0.717, 1.165) is 10.6 Å². The summed E-state index contributed by atoms with van der Waals surface area (Å²) in [6.07, 6.45) is 0. The van der Waals surface area contributed by atoms with Crippen LogP contribution in [-0.4, -0.2) is 16.9 Å². The van der Waals surface area contributed by atoms with E-state index in [9.17, 15) is 4.79 Å². The lowest BCUT2D eigenvalue weighted by atomic mass is 10.2. The van der Waals surface area contributed by atoms with Crippen molar-refractivity contribution in [2.75, 3.05) is 0 Å². The Morgan fingerprint density at radius 1 is 1.64 bits per heavy atom. The number of carbonyl (C=O) groups is 1. The smallest absolute Gasteiger partial charge is 0.237 e. The molecule has 4 nitrogen and oxygen atoms in total. The van der Waals surface area contributed by atoms with Gasteiger partial charge in [-0.1, -0.05) is 0 Å². The third-order valence-electron chi connectivity index (χ3n) is 1.95. The third kappa shape index (κ3) is 2.52. The molecule has 1 aromatic rings. The highest BCUT2D eigenvalue weighted by molar-refractivity contribution is 7.09. The molecule has 2 atom stereocenters. The third-order valence-corrected chi connectivity index (χ3v) is 3.06. The molecule has 1 heterocycles. The van der Waals surface area contributed by atoms with Gasteiger partial charge < -0.3 is 11.1 Å². The number of nitrogens with one attached hydrogen (secondary N) is 1. The molecule has 0 saturated heterocycles. The van der Waals surface area contributed by atoms with Crippen molar-refractivity contribution in [3.05, 3.63) is 16.1 Å². The van der Waals surface area contributed by atoms with Crippen molar-refractivity contribution in [3.63, 3.8) is 0 Å². The number of rotatable bonds is 3. The zero-order chi connectivity index (χ0) is 10.7. The largest absolute Gasteiger partial charge is 0.347 e. The monoisotopic (exact) mass is 213 g/mol. The van der Waals surface area contributed by atoms with Gasteiger partial charge >= 0.3 is 0 Å². The molecule has 3 N–H and O–H groups in total. The van der Waals surface area contributed by atoms with Gasteiger partial charge in [0.05, 0.1) is 23.3 Å². The SMILES string of the molecule is Cc1ncsc1C(C)NC(=O)C(C)N. The second-order valence-corrected chi connectivity index (χ2v) is 4.21. The first kappa shape index (κ1) is 11.1. The first-order chi connectivity index (χ1) is 6.52. The topological polar surface area (TPSA) is 68.0 Å². The fraction of sp³-hybridized carbons (Fsp3) is 0.556. The number of carbonyl (C=O) groups excluding carboxylic acids is 1. The first-order valence-corrected chi connectivity index (χ1v) is 5.36. The number of aromatic nitrogens is 1. The summed E-state index contributed by atoms with van der Waals surface area (Å²) in [4.78, 5) is 16.5. The van der Waals surface area contributed by atoms with E-state index in [1.54, 1.807) is 23.8 Å². The minimum absolute atomic E-state index is 0.0130. The number of thiazole rings is 1. The van der Waals surface area contributed by atoms with E-state index in [-0.39, 0.29) is 11.9 Å². The van der Waals surface area contributed by atoms with Crippen LogP contribution in [0.5, 0.6) is 0 Å². The number of aryl methyl sites for hydroxylation is 1. The maximum atomic E-state index is 11.3. The van der Waals surface area contributed by atoms with Crippen LogP contribution < -0.4 is 11.1 Å². The van der Waals surface area contributed by atoms with Crippen LogP contribution in [0.3, 0.4) is 0 Å². The standard InChI is InChI=1S/C9H15N3OS/c1-5(10)9(13)12-7(3)8-6(2)11-4-14-8/h4-5,7H,10H2,1-3H3,(H,12,13). The van der Waals surface area contributed by atoms with Crippen molar-refractivity contribution in [2.45, 2.75) is 32.9 Å². The lowest BCUT2D eigenvalue weighted by molar-refractivity contribution is -0.122. The fourth-order valence-electron chi connectivity index (χ4n) is 1.14. The van der Waals surface area contributed by atoms with Crippen molar-refractivity contribution in [1.29, 1.82) is 0 Å². The minimum atomic E-state index is -0.467. The Morgan fingerprint density at radius 2 is 2.29 bits per heavy atom. The molecule has 0 aliphatic rings. The quantitative estimate of drug-likeness (QED) is 0.786. The molecule has 2 unspecified atom stereocenters. The summed E-state index contributed by atoms with van der Waals surface area (Å²) < 4.78 is 0. The van der Waals surface area contributed by atoms with Gasteiger partial charge in [-0.05, 0) is 20.8 Å². The Morgan fingerprint density at radius 3 is 2.71 bits per heavy atom.